The predicted octanol–water partition coefficient (Wildman–Crippen LogP) is 3.16. The molecule has 0 aliphatic rings. The van der Waals surface area contributed by atoms with Crippen molar-refractivity contribution in [2.75, 3.05) is 5.32 Å². The molecule has 1 N–H and O–H groups in total. The monoisotopic (exact) mass is 419 g/mol. The third-order valence-corrected chi connectivity index (χ3v) is 5.23. The van der Waals surface area contributed by atoms with Crippen molar-refractivity contribution in [1.29, 1.82) is 0 Å². The van der Waals surface area contributed by atoms with Gasteiger partial charge >= 0.3 is 5.69 Å². The number of imidazole rings is 2. The molecule has 2 aromatic heterocycles. The molecule has 31 heavy (non-hydrogen) atoms. The first-order chi connectivity index (χ1) is 15.1. The Morgan fingerprint density at radius 1 is 1.06 bits per heavy atom. The molecule has 0 atom stereocenters. The van der Waals surface area contributed by atoms with E-state index in [4.69, 9.17) is 4.74 Å². The first-order valence-electron chi connectivity index (χ1n) is 10.2. The normalized spacial score (nSPS) is 11.0. The van der Waals surface area contributed by atoms with Crippen LogP contribution in [-0.4, -0.2) is 24.6 Å². The van der Waals surface area contributed by atoms with Gasteiger partial charge in [-0.2, -0.15) is 0 Å². The summed E-state index contributed by atoms with van der Waals surface area (Å²) in [6.45, 7) is 3.22. The molecule has 0 radical (unpaired) electrons. The van der Waals surface area contributed by atoms with E-state index in [9.17, 15) is 9.59 Å². The van der Waals surface area contributed by atoms with Crippen LogP contribution in [0, 0.1) is 0 Å². The van der Waals surface area contributed by atoms with Crippen LogP contribution >= 0.6 is 0 Å². The number of carbonyl (C=O) groups is 1. The van der Waals surface area contributed by atoms with Gasteiger partial charge in [-0.25, -0.2) is 9.78 Å². The Bertz CT molecular complexity index is 1250. The minimum Gasteiger partial charge on any atom is -0.486 e. The number of hydrogen-bond acceptors (Lipinski definition) is 4. The van der Waals surface area contributed by atoms with Crippen LogP contribution in [0.1, 0.15) is 19.2 Å². The second kappa shape index (κ2) is 8.91. The minimum atomic E-state index is -0.151. The number of fused-ring (bicyclic) bond motifs is 1. The van der Waals surface area contributed by atoms with Gasteiger partial charge in [-0.1, -0.05) is 12.1 Å². The number of aromatic nitrogens is 4. The third-order valence-electron chi connectivity index (χ3n) is 5.23. The van der Waals surface area contributed by atoms with Crippen LogP contribution in [0.25, 0.3) is 11.0 Å². The molecule has 0 saturated heterocycles. The molecule has 0 aliphatic heterocycles. The number of amides is 1. The summed E-state index contributed by atoms with van der Waals surface area (Å²) < 4.78 is 11.0. The number of ether oxygens (including phenoxy) is 1. The van der Waals surface area contributed by atoms with Crippen molar-refractivity contribution in [1.82, 2.24) is 18.7 Å². The van der Waals surface area contributed by atoms with Gasteiger partial charge in [0.25, 0.3) is 0 Å². The summed E-state index contributed by atoms with van der Waals surface area (Å²) in [5.74, 6) is 1.37. The molecule has 0 unspecified atom stereocenters. The molecule has 8 heteroatoms. The van der Waals surface area contributed by atoms with Crippen LogP contribution in [0.5, 0.6) is 5.75 Å². The van der Waals surface area contributed by atoms with Crippen LogP contribution in [0.3, 0.4) is 0 Å². The van der Waals surface area contributed by atoms with Gasteiger partial charge < -0.3 is 14.6 Å². The van der Waals surface area contributed by atoms with Gasteiger partial charge in [0.2, 0.25) is 5.91 Å². The maximum Gasteiger partial charge on any atom is 0.329 e. The largest absolute Gasteiger partial charge is 0.486 e. The lowest BCUT2D eigenvalue weighted by Gasteiger charge is -2.09. The lowest BCUT2D eigenvalue weighted by Crippen LogP contribution is -2.25. The van der Waals surface area contributed by atoms with E-state index in [-0.39, 0.29) is 18.0 Å². The number of nitrogens with one attached hydrogen (secondary N) is 1. The van der Waals surface area contributed by atoms with Gasteiger partial charge in [0.15, 0.2) is 0 Å². The molecule has 2 aromatic carbocycles. The summed E-state index contributed by atoms with van der Waals surface area (Å²) in [7, 11) is 1.92. The molecule has 4 rings (SSSR count). The summed E-state index contributed by atoms with van der Waals surface area (Å²) in [6, 6.07) is 14.8. The van der Waals surface area contributed by atoms with E-state index >= 15 is 0 Å². The number of hydrogen-bond donors (Lipinski definition) is 1. The molecular formula is C23H25N5O3. The summed E-state index contributed by atoms with van der Waals surface area (Å²) >= 11 is 0. The molecule has 0 spiro atoms. The van der Waals surface area contributed by atoms with Gasteiger partial charge in [0.05, 0.1) is 11.0 Å². The summed E-state index contributed by atoms with van der Waals surface area (Å²) in [6.07, 6.45) is 3.80. The van der Waals surface area contributed by atoms with E-state index in [1.165, 1.54) is 0 Å². The van der Waals surface area contributed by atoms with Gasteiger partial charge in [-0.15, -0.1) is 0 Å². The quantitative estimate of drug-likeness (QED) is 0.476. The molecule has 0 saturated carbocycles. The second-order valence-corrected chi connectivity index (χ2v) is 7.23. The van der Waals surface area contributed by atoms with Crippen LogP contribution in [-0.2, 0) is 31.5 Å². The van der Waals surface area contributed by atoms with Crippen LogP contribution in [0.15, 0.2) is 65.7 Å². The molecule has 0 fully saturated rings. The van der Waals surface area contributed by atoms with Crippen molar-refractivity contribution < 1.29 is 9.53 Å². The zero-order valence-corrected chi connectivity index (χ0v) is 17.6. The Morgan fingerprint density at radius 2 is 1.77 bits per heavy atom. The van der Waals surface area contributed by atoms with E-state index in [0.717, 1.165) is 16.9 Å². The molecule has 160 valence electrons. The smallest absolute Gasteiger partial charge is 0.329 e. The Morgan fingerprint density at radius 3 is 2.42 bits per heavy atom. The average Bonchev–Trinajstić information content (AvgIpc) is 3.31. The fourth-order valence-corrected chi connectivity index (χ4v) is 3.55. The highest BCUT2D eigenvalue weighted by atomic mass is 16.5. The number of para-hydroxylation sites is 2. The van der Waals surface area contributed by atoms with E-state index in [0.29, 0.717) is 31.1 Å². The Kier molecular flexibility index (Phi) is 5.88. The van der Waals surface area contributed by atoms with E-state index in [2.05, 4.69) is 10.3 Å². The van der Waals surface area contributed by atoms with Crippen molar-refractivity contribution in [3.05, 3.63) is 77.2 Å². The standard InChI is InChI=1S/C23H25N5O3/c1-3-27-19-6-4-5-7-20(19)28(23(27)30)14-12-22(29)25-17-8-10-18(11-9-17)31-16-21-24-13-15-26(21)2/h4-11,13,15H,3,12,14,16H2,1-2H3,(H,25,29). The maximum absolute atomic E-state index is 12.7. The zero-order chi connectivity index (χ0) is 21.8. The number of benzene rings is 2. The van der Waals surface area contributed by atoms with Crippen molar-refractivity contribution in [3.8, 4) is 5.75 Å². The van der Waals surface area contributed by atoms with Crippen molar-refractivity contribution in [2.24, 2.45) is 7.05 Å². The first kappa shape index (κ1) is 20.5. The van der Waals surface area contributed by atoms with Crippen LogP contribution < -0.4 is 15.7 Å². The number of rotatable bonds is 8. The molecule has 1 amide bonds. The molecule has 4 aromatic rings. The predicted molar refractivity (Wildman–Crippen MR) is 119 cm³/mol. The highest BCUT2D eigenvalue weighted by molar-refractivity contribution is 5.90. The fourth-order valence-electron chi connectivity index (χ4n) is 3.55. The summed E-state index contributed by atoms with van der Waals surface area (Å²) in [4.78, 5) is 29.3. The van der Waals surface area contributed by atoms with E-state index in [1.807, 2.05) is 49.0 Å². The van der Waals surface area contributed by atoms with Gasteiger partial charge in [-0.3, -0.25) is 13.9 Å². The fraction of sp³-hybridized carbons (Fsp3) is 0.261. The van der Waals surface area contributed by atoms with Crippen molar-refractivity contribution in [3.63, 3.8) is 0 Å². The Labute approximate surface area is 179 Å². The highest BCUT2D eigenvalue weighted by Gasteiger charge is 2.13. The van der Waals surface area contributed by atoms with Gasteiger partial charge in [0, 0.05) is 44.6 Å². The van der Waals surface area contributed by atoms with Crippen molar-refractivity contribution >= 4 is 22.6 Å². The topological polar surface area (TPSA) is 83.1 Å². The van der Waals surface area contributed by atoms with E-state index in [1.54, 1.807) is 39.6 Å². The van der Waals surface area contributed by atoms with Gasteiger partial charge in [0.1, 0.15) is 18.2 Å². The first-order valence-corrected chi connectivity index (χ1v) is 10.2. The van der Waals surface area contributed by atoms with Crippen LogP contribution in [0.2, 0.25) is 0 Å². The lowest BCUT2D eigenvalue weighted by molar-refractivity contribution is -0.116. The molecule has 8 nitrogen and oxygen atoms in total. The summed E-state index contributed by atoms with van der Waals surface area (Å²) in [5.41, 5.74) is 2.32. The number of carbonyl (C=O) groups excluding carboxylic acids is 1. The second-order valence-electron chi connectivity index (χ2n) is 7.23. The molecule has 0 bridgehead atoms. The molecule has 0 aliphatic carbocycles. The molecule has 2 heterocycles. The Hall–Kier alpha value is -3.81. The summed E-state index contributed by atoms with van der Waals surface area (Å²) in [5, 5.41) is 2.87. The average molecular weight is 419 g/mol. The SMILES string of the molecule is CCn1c(=O)n(CCC(=O)Nc2ccc(OCc3nccn3C)cc2)c2ccccc21. The van der Waals surface area contributed by atoms with E-state index < -0.39 is 0 Å². The zero-order valence-electron chi connectivity index (χ0n) is 17.6. The van der Waals surface area contributed by atoms with Crippen LogP contribution in [0.4, 0.5) is 5.69 Å². The highest BCUT2D eigenvalue weighted by Crippen LogP contribution is 2.17. The van der Waals surface area contributed by atoms with Gasteiger partial charge in [-0.05, 0) is 43.3 Å². The minimum absolute atomic E-state index is 0.0919. The molecular weight excluding hydrogens is 394 g/mol. The van der Waals surface area contributed by atoms with Crippen molar-refractivity contribution in [2.45, 2.75) is 33.0 Å². The number of nitrogens with zero attached hydrogens (tertiary/aromatic N) is 4. The number of anilines is 1. The third kappa shape index (κ3) is 4.37. The Balaban J connectivity index is 1.35. The number of aryl methyl sites for hydroxylation is 3. The lowest BCUT2D eigenvalue weighted by atomic mass is 10.3. The maximum atomic E-state index is 12.7.